The molecule has 0 amide bonds. The summed E-state index contributed by atoms with van der Waals surface area (Å²) in [6, 6.07) is 7.61. The summed E-state index contributed by atoms with van der Waals surface area (Å²) < 4.78 is 0.997. The van der Waals surface area contributed by atoms with Crippen LogP contribution in [-0.4, -0.2) is 6.29 Å². The standard InChI is InChI=1S/C8H7IO/c9-5-7-1-3-8(6-10)4-2-7/h1-4,6H,5H2. The number of alkyl halides is 1. The van der Waals surface area contributed by atoms with Crippen LogP contribution in [0.5, 0.6) is 0 Å². The summed E-state index contributed by atoms with van der Waals surface area (Å²) in [6.45, 7) is 0. The molecule has 1 nitrogen and oxygen atoms in total. The van der Waals surface area contributed by atoms with Gasteiger partial charge in [0.15, 0.2) is 0 Å². The van der Waals surface area contributed by atoms with E-state index in [1.54, 1.807) is 0 Å². The topological polar surface area (TPSA) is 17.1 Å². The number of rotatable bonds is 2. The first-order valence-corrected chi connectivity index (χ1v) is 4.49. The highest BCUT2D eigenvalue weighted by Crippen LogP contribution is 2.06. The van der Waals surface area contributed by atoms with Crippen molar-refractivity contribution < 1.29 is 4.79 Å². The zero-order valence-corrected chi connectivity index (χ0v) is 7.54. The number of carbonyl (C=O) groups is 1. The number of hydrogen-bond donors (Lipinski definition) is 0. The van der Waals surface area contributed by atoms with Gasteiger partial charge in [-0.3, -0.25) is 4.79 Å². The Morgan fingerprint density at radius 1 is 1.30 bits per heavy atom. The van der Waals surface area contributed by atoms with Crippen molar-refractivity contribution in [1.82, 2.24) is 0 Å². The lowest BCUT2D eigenvalue weighted by atomic mass is 10.2. The van der Waals surface area contributed by atoms with E-state index in [0.717, 1.165) is 16.3 Å². The minimum Gasteiger partial charge on any atom is -0.298 e. The van der Waals surface area contributed by atoms with Gasteiger partial charge in [0, 0.05) is 9.99 Å². The third-order valence-corrected chi connectivity index (χ3v) is 2.15. The Bertz CT molecular complexity index is 215. The quantitative estimate of drug-likeness (QED) is 0.445. The molecule has 0 spiro atoms. The Labute approximate surface area is 73.6 Å². The zero-order valence-electron chi connectivity index (χ0n) is 5.38. The molecule has 0 aliphatic rings. The molecule has 0 N–H and O–H groups in total. The van der Waals surface area contributed by atoms with Gasteiger partial charge in [0.2, 0.25) is 0 Å². The van der Waals surface area contributed by atoms with E-state index in [9.17, 15) is 4.79 Å². The highest BCUT2D eigenvalue weighted by atomic mass is 127. The van der Waals surface area contributed by atoms with Crippen molar-refractivity contribution in [1.29, 1.82) is 0 Å². The summed E-state index contributed by atoms with van der Waals surface area (Å²) in [5.74, 6) is 0. The van der Waals surface area contributed by atoms with Crippen LogP contribution in [0.25, 0.3) is 0 Å². The predicted molar refractivity (Wildman–Crippen MR) is 49.6 cm³/mol. The van der Waals surface area contributed by atoms with Crippen LogP contribution < -0.4 is 0 Å². The molecule has 0 fully saturated rings. The Morgan fingerprint density at radius 3 is 2.30 bits per heavy atom. The second-order valence-corrected chi connectivity index (χ2v) is 2.76. The van der Waals surface area contributed by atoms with Gasteiger partial charge in [0.1, 0.15) is 6.29 Å². The third kappa shape index (κ3) is 1.80. The molecular weight excluding hydrogens is 239 g/mol. The molecule has 0 atom stereocenters. The fourth-order valence-electron chi connectivity index (χ4n) is 0.685. The maximum Gasteiger partial charge on any atom is 0.150 e. The van der Waals surface area contributed by atoms with Crippen molar-refractivity contribution in [2.45, 2.75) is 4.43 Å². The average molecular weight is 246 g/mol. The highest BCUT2D eigenvalue weighted by Gasteiger charge is 1.89. The summed E-state index contributed by atoms with van der Waals surface area (Å²) in [5, 5.41) is 0. The summed E-state index contributed by atoms with van der Waals surface area (Å²) in [5.41, 5.74) is 2.00. The van der Waals surface area contributed by atoms with E-state index >= 15 is 0 Å². The van der Waals surface area contributed by atoms with Crippen molar-refractivity contribution >= 4 is 28.9 Å². The molecule has 0 radical (unpaired) electrons. The first kappa shape index (κ1) is 7.72. The Balaban J connectivity index is 2.90. The fraction of sp³-hybridized carbons (Fsp3) is 0.125. The largest absolute Gasteiger partial charge is 0.298 e. The molecule has 1 rings (SSSR count). The minimum absolute atomic E-state index is 0.744. The summed E-state index contributed by atoms with van der Waals surface area (Å²) >= 11 is 2.29. The van der Waals surface area contributed by atoms with E-state index in [2.05, 4.69) is 22.6 Å². The van der Waals surface area contributed by atoms with Crippen molar-refractivity contribution in [2.75, 3.05) is 0 Å². The van der Waals surface area contributed by atoms with Crippen LogP contribution in [0.4, 0.5) is 0 Å². The highest BCUT2D eigenvalue weighted by molar-refractivity contribution is 14.1. The van der Waals surface area contributed by atoms with Crippen LogP contribution in [0.15, 0.2) is 24.3 Å². The van der Waals surface area contributed by atoms with Gasteiger partial charge in [0.05, 0.1) is 0 Å². The number of hydrogen-bond acceptors (Lipinski definition) is 1. The lowest BCUT2D eigenvalue weighted by Crippen LogP contribution is -1.80. The van der Waals surface area contributed by atoms with Crippen molar-refractivity contribution in [3.8, 4) is 0 Å². The van der Waals surface area contributed by atoms with E-state index < -0.39 is 0 Å². The second kappa shape index (κ2) is 3.71. The molecule has 1 aromatic rings. The van der Waals surface area contributed by atoms with Gasteiger partial charge >= 0.3 is 0 Å². The molecule has 0 bridgehead atoms. The van der Waals surface area contributed by atoms with Crippen molar-refractivity contribution in [2.24, 2.45) is 0 Å². The van der Waals surface area contributed by atoms with Gasteiger partial charge in [-0.2, -0.15) is 0 Å². The normalized spacial score (nSPS) is 9.30. The molecule has 0 saturated heterocycles. The van der Waals surface area contributed by atoms with Gasteiger partial charge in [-0.05, 0) is 5.56 Å². The lowest BCUT2D eigenvalue weighted by Gasteiger charge is -1.92. The number of aldehydes is 1. The van der Waals surface area contributed by atoms with E-state index in [4.69, 9.17) is 0 Å². The summed E-state index contributed by atoms with van der Waals surface area (Å²) in [6.07, 6.45) is 0.858. The van der Waals surface area contributed by atoms with Crippen LogP contribution in [0.3, 0.4) is 0 Å². The Kier molecular flexibility index (Phi) is 2.86. The van der Waals surface area contributed by atoms with E-state index in [0.29, 0.717) is 0 Å². The van der Waals surface area contributed by atoms with Crippen molar-refractivity contribution in [3.63, 3.8) is 0 Å². The first-order chi connectivity index (χ1) is 4.86. The number of carbonyl (C=O) groups excluding carboxylic acids is 1. The molecular formula is C8H7IO. The van der Waals surface area contributed by atoms with Crippen LogP contribution in [0, 0.1) is 0 Å². The van der Waals surface area contributed by atoms with Gasteiger partial charge in [-0.25, -0.2) is 0 Å². The van der Waals surface area contributed by atoms with E-state index in [1.807, 2.05) is 24.3 Å². The maximum atomic E-state index is 10.2. The van der Waals surface area contributed by atoms with Crippen LogP contribution in [-0.2, 0) is 4.43 Å². The van der Waals surface area contributed by atoms with Crippen LogP contribution in [0.1, 0.15) is 15.9 Å². The number of halogens is 1. The fourth-order valence-corrected chi connectivity index (χ4v) is 1.19. The van der Waals surface area contributed by atoms with Gasteiger partial charge < -0.3 is 0 Å². The molecule has 0 aromatic heterocycles. The molecule has 0 heterocycles. The average Bonchev–Trinajstić information content (AvgIpc) is 2.05. The van der Waals surface area contributed by atoms with Gasteiger partial charge in [-0.1, -0.05) is 46.9 Å². The third-order valence-electron chi connectivity index (χ3n) is 1.27. The van der Waals surface area contributed by atoms with Crippen molar-refractivity contribution in [3.05, 3.63) is 35.4 Å². The smallest absolute Gasteiger partial charge is 0.150 e. The van der Waals surface area contributed by atoms with E-state index in [1.165, 1.54) is 5.56 Å². The molecule has 0 aliphatic heterocycles. The second-order valence-electron chi connectivity index (χ2n) is 1.99. The first-order valence-electron chi connectivity index (χ1n) is 2.97. The molecule has 0 saturated carbocycles. The lowest BCUT2D eigenvalue weighted by molar-refractivity contribution is 0.112. The molecule has 0 unspecified atom stereocenters. The zero-order chi connectivity index (χ0) is 7.40. The van der Waals surface area contributed by atoms with Gasteiger partial charge in [0.25, 0.3) is 0 Å². The molecule has 10 heavy (non-hydrogen) atoms. The predicted octanol–water partition coefficient (Wildman–Crippen LogP) is 2.43. The molecule has 52 valence electrons. The Hall–Kier alpha value is -0.380. The molecule has 0 aliphatic carbocycles. The van der Waals surface area contributed by atoms with E-state index in [-0.39, 0.29) is 0 Å². The van der Waals surface area contributed by atoms with Crippen LogP contribution >= 0.6 is 22.6 Å². The monoisotopic (exact) mass is 246 g/mol. The molecule has 2 heteroatoms. The molecule has 1 aromatic carbocycles. The Morgan fingerprint density at radius 2 is 1.90 bits per heavy atom. The van der Waals surface area contributed by atoms with Gasteiger partial charge in [-0.15, -0.1) is 0 Å². The minimum atomic E-state index is 0.744. The maximum absolute atomic E-state index is 10.2. The number of benzene rings is 1. The SMILES string of the molecule is O=Cc1ccc(CI)cc1. The van der Waals surface area contributed by atoms with Crippen LogP contribution in [0.2, 0.25) is 0 Å². The summed E-state index contributed by atoms with van der Waals surface area (Å²) in [7, 11) is 0. The summed E-state index contributed by atoms with van der Waals surface area (Å²) in [4.78, 5) is 10.2.